The molecule has 2 heterocycles. The van der Waals surface area contributed by atoms with Crippen LogP contribution in [0.25, 0.3) is 22.2 Å². The Bertz CT molecular complexity index is 897. The number of carbonyl (C=O) groups excluding carboxylic acids is 1. The Kier molecular flexibility index (Phi) is 3.85. The van der Waals surface area contributed by atoms with Crippen molar-refractivity contribution in [3.05, 3.63) is 45.6 Å². The van der Waals surface area contributed by atoms with Gasteiger partial charge in [-0.05, 0) is 60.9 Å². The Labute approximate surface area is 137 Å². The molecule has 2 aromatic heterocycles. The zero-order valence-corrected chi connectivity index (χ0v) is 14.0. The summed E-state index contributed by atoms with van der Waals surface area (Å²) in [5.41, 5.74) is 2.48. The predicted octanol–water partition coefficient (Wildman–Crippen LogP) is 3.66. The van der Waals surface area contributed by atoms with Crippen LogP contribution in [0.4, 0.5) is 0 Å². The van der Waals surface area contributed by atoms with Crippen molar-refractivity contribution in [3.63, 3.8) is 0 Å². The number of thiophene rings is 1. The molecule has 0 spiro atoms. The van der Waals surface area contributed by atoms with Crippen LogP contribution >= 0.6 is 11.3 Å². The molecule has 5 nitrogen and oxygen atoms in total. The summed E-state index contributed by atoms with van der Waals surface area (Å²) in [5.74, 6) is -1.03. The molecule has 0 aliphatic rings. The highest BCUT2D eigenvalue weighted by molar-refractivity contribution is 7.08. The van der Waals surface area contributed by atoms with E-state index in [0.29, 0.717) is 11.1 Å². The first kappa shape index (κ1) is 15.6. The van der Waals surface area contributed by atoms with Gasteiger partial charge in [-0.1, -0.05) is 6.07 Å². The molecule has 1 aromatic carbocycles. The van der Waals surface area contributed by atoms with Gasteiger partial charge < -0.3 is 9.15 Å². The molecule has 3 rings (SSSR count). The standard InChI is InChI=1S/C17H17NO4S/c1-17(2,3)22-15(19)9-18-13-8-11(12-6-7-23-10-12)4-5-14(13)21-16(18)20/h4-8,10H,9H2,1-3H3. The highest BCUT2D eigenvalue weighted by atomic mass is 32.1. The molecule has 6 heteroatoms. The third kappa shape index (κ3) is 3.37. The number of benzene rings is 1. The number of hydrogen-bond acceptors (Lipinski definition) is 5. The molecule has 0 bridgehead atoms. The molecule has 0 fully saturated rings. The maximum absolute atomic E-state index is 12.0. The first-order valence-electron chi connectivity index (χ1n) is 7.21. The molecular formula is C17H17NO4S. The molecule has 0 aliphatic heterocycles. The fourth-order valence-electron chi connectivity index (χ4n) is 2.32. The summed E-state index contributed by atoms with van der Waals surface area (Å²) < 4.78 is 11.8. The Hall–Kier alpha value is -2.34. The van der Waals surface area contributed by atoms with E-state index in [1.165, 1.54) is 4.57 Å². The van der Waals surface area contributed by atoms with E-state index < -0.39 is 17.3 Å². The summed E-state index contributed by atoms with van der Waals surface area (Å²) in [7, 11) is 0. The van der Waals surface area contributed by atoms with E-state index >= 15 is 0 Å². The number of hydrogen-bond donors (Lipinski definition) is 0. The van der Waals surface area contributed by atoms with Gasteiger partial charge >= 0.3 is 11.7 Å². The highest BCUT2D eigenvalue weighted by Crippen LogP contribution is 2.26. The van der Waals surface area contributed by atoms with Gasteiger partial charge in [0.1, 0.15) is 12.1 Å². The largest absolute Gasteiger partial charge is 0.459 e. The molecule has 0 unspecified atom stereocenters. The summed E-state index contributed by atoms with van der Waals surface area (Å²) >= 11 is 1.60. The maximum Gasteiger partial charge on any atom is 0.420 e. The number of ether oxygens (including phenoxy) is 1. The SMILES string of the molecule is CC(C)(C)OC(=O)Cn1c(=O)oc2ccc(-c3ccsc3)cc21. The van der Waals surface area contributed by atoms with E-state index in [0.717, 1.165) is 11.1 Å². The zero-order chi connectivity index (χ0) is 16.6. The lowest BCUT2D eigenvalue weighted by Gasteiger charge is -2.19. The molecule has 0 saturated carbocycles. The van der Waals surface area contributed by atoms with Crippen LogP contribution in [0.15, 0.2) is 44.2 Å². The first-order valence-corrected chi connectivity index (χ1v) is 8.15. The minimum Gasteiger partial charge on any atom is -0.459 e. The minimum atomic E-state index is -0.595. The molecule has 0 amide bonds. The van der Waals surface area contributed by atoms with Gasteiger partial charge in [0.15, 0.2) is 5.58 Å². The number of nitrogens with zero attached hydrogens (tertiary/aromatic N) is 1. The molecule has 0 saturated heterocycles. The second kappa shape index (κ2) is 5.70. The fourth-order valence-corrected chi connectivity index (χ4v) is 2.99. The molecular weight excluding hydrogens is 314 g/mol. The van der Waals surface area contributed by atoms with E-state index in [1.807, 2.05) is 29.0 Å². The molecule has 0 aliphatic carbocycles. The van der Waals surface area contributed by atoms with Crippen LogP contribution in [-0.4, -0.2) is 16.1 Å². The number of fused-ring (bicyclic) bond motifs is 1. The fraction of sp³-hybridized carbons (Fsp3) is 0.294. The lowest BCUT2D eigenvalue weighted by atomic mass is 10.1. The summed E-state index contributed by atoms with van der Waals surface area (Å²) in [6.07, 6.45) is 0. The van der Waals surface area contributed by atoms with Crippen LogP contribution in [0.3, 0.4) is 0 Å². The number of oxazole rings is 1. The Morgan fingerprint density at radius 3 is 2.70 bits per heavy atom. The summed E-state index contributed by atoms with van der Waals surface area (Å²) in [6, 6.07) is 7.50. The van der Waals surface area contributed by atoms with Crippen molar-refractivity contribution in [2.45, 2.75) is 32.9 Å². The Morgan fingerprint density at radius 1 is 1.26 bits per heavy atom. The third-order valence-corrected chi connectivity index (χ3v) is 3.91. The van der Waals surface area contributed by atoms with Crippen molar-refractivity contribution in [3.8, 4) is 11.1 Å². The summed E-state index contributed by atoms with van der Waals surface area (Å²) in [4.78, 5) is 24.0. The molecule has 3 aromatic rings. The average molecular weight is 331 g/mol. The van der Waals surface area contributed by atoms with Crippen LogP contribution in [0.1, 0.15) is 20.8 Å². The van der Waals surface area contributed by atoms with E-state index in [1.54, 1.807) is 38.2 Å². The van der Waals surface area contributed by atoms with Crippen LogP contribution in [0, 0.1) is 0 Å². The molecule has 0 atom stereocenters. The van der Waals surface area contributed by atoms with Gasteiger partial charge in [-0.25, -0.2) is 4.79 Å². The smallest absolute Gasteiger partial charge is 0.420 e. The van der Waals surface area contributed by atoms with E-state index in [4.69, 9.17) is 9.15 Å². The van der Waals surface area contributed by atoms with Gasteiger partial charge in [0.05, 0.1) is 5.52 Å². The highest BCUT2D eigenvalue weighted by Gasteiger charge is 2.19. The number of aromatic nitrogens is 1. The second-order valence-corrected chi connectivity index (χ2v) is 7.02. The van der Waals surface area contributed by atoms with E-state index in [2.05, 4.69) is 0 Å². The summed E-state index contributed by atoms with van der Waals surface area (Å²) in [6.45, 7) is 5.19. The topological polar surface area (TPSA) is 61.4 Å². The van der Waals surface area contributed by atoms with Crippen LogP contribution in [0.5, 0.6) is 0 Å². The molecule has 0 N–H and O–H groups in total. The van der Waals surface area contributed by atoms with Crippen LogP contribution < -0.4 is 5.76 Å². The molecule has 120 valence electrons. The van der Waals surface area contributed by atoms with E-state index in [-0.39, 0.29) is 6.54 Å². The van der Waals surface area contributed by atoms with Crippen LogP contribution in [-0.2, 0) is 16.1 Å². The van der Waals surface area contributed by atoms with Gasteiger partial charge in [-0.3, -0.25) is 9.36 Å². The van der Waals surface area contributed by atoms with Gasteiger partial charge in [0.25, 0.3) is 0 Å². The van der Waals surface area contributed by atoms with Crippen molar-refractivity contribution >= 4 is 28.4 Å². The molecule has 23 heavy (non-hydrogen) atoms. The van der Waals surface area contributed by atoms with Crippen molar-refractivity contribution in [2.75, 3.05) is 0 Å². The van der Waals surface area contributed by atoms with E-state index in [9.17, 15) is 9.59 Å². The number of carbonyl (C=O) groups is 1. The second-order valence-electron chi connectivity index (χ2n) is 6.24. The lowest BCUT2D eigenvalue weighted by Crippen LogP contribution is -2.29. The number of rotatable bonds is 3. The van der Waals surface area contributed by atoms with Crippen molar-refractivity contribution in [1.29, 1.82) is 0 Å². The van der Waals surface area contributed by atoms with Crippen molar-refractivity contribution in [1.82, 2.24) is 4.57 Å². The Balaban J connectivity index is 1.99. The normalized spacial score (nSPS) is 11.8. The predicted molar refractivity (Wildman–Crippen MR) is 89.6 cm³/mol. The number of esters is 1. The third-order valence-electron chi connectivity index (χ3n) is 3.23. The van der Waals surface area contributed by atoms with Crippen molar-refractivity contribution < 1.29 is 13.9 Å². The maximum atomic E-state index is 12.0. The minimum absolute atomic E-state index is 0.170. The monoisotopic (exact) mass is 331 g/mol. The summed E-state index contributed by atoms with van der Waals surface area (Å²) in [5, 5.41) is 4.01. The van der Waals surface area contributed by atoms with Gasteiger partial charge in [0.2, 0.25) is 0 Å². The first-order chi connectivity index (χ1) is 10.8. The quantitative estimate of drug-likeness (QED) is 0.687. The van der Waals surface area contributed by atoms with Gasteiger partial charge in [-0.2, -0.15) is 11.3 Å². The van der Waals surface area contributed by atoms with Gasteiger partial charge in [-0.15, -0.1) is 0 Å². The van der Waals surface area contributed by atoms with Crippen molar-refractivity contribution in [2.24, 2.45) is 0 Å². The lowest BCUT2D eigenvalue weighted by molar-refractivity contribution is -0.155. The zero-order valence-electron chi connectivity index (χ0n) is 13.2. The average Bonchev–Trinajstić information content (AvgIpc) is 3.06. The molecule has 0 radical (unpaired) electrons. The van der Waals surface area contributed by atoms with Gasteiger partial charge in [0, 0.05) is 0 Å². The Morgan fingerprint density at radius 2 is 2.04 bits per heavy atom. The van der Waals surface area contributed by atoms with Crippen LogP contribution in [0.2, 0.25) is 0 Å².